The highest BCUT2D eigenvalue weighted by Crippen LogP contribution is 2.04. The Balaban J connectivity index is 2.54. The van der Waals surface area contributed by atoms with Gasteiger partial charge in [-0.25, -0.2) is 13.1 Å². The third kappa shape index (κ3) is 7.10. The van der Waals surface area contributed by atoms with Gasteiger partial charge in [0.25, 0.3) is 0 Å². The maximum atomic E-state index is 11.8. The van der Waals surface area contributed by atoms with E-state index < -0.39 is 10.0 Å². The molecule has 4 nitrogen and oxygen atoms in total. The van der Waals surface area contributed by atoms with Crippen LogP contribution >= 0.6 is 0 Å². The number of sulfonamides is 1. The Bertz CT molecular complexity index is 495. The van der Waals surface area contributed by atoms with E-state index in [0.29, 0.717) is 0 Å². The topological polar surface area (TPSA) is 49.4 Å². The summed E-state index contributed by atoms with van der Waals surface area (Å²) >= 11 is 0. The summed E-state index contributed by atoms with van der Waals surface area (Å²) in [7, 11) is 0.562. The molecule has 0 saturated carbocycles. The quantitative estimate of drug-likeness (QED) is 0.831. The van der Waals surface area contributed by atoms with Crippen LogP contribution in [0.1, 0.15) is 18.9 Å². The largest absolute Gasteiger partial charge is 0.309 e. The molecule has 1 N–H and O–H groups in total. The molecule has 0 heterocycles. The van der Waals surface area contributed by atoms with E-state index in [1.807, 2.05) is 56.3 Å². The van der Waals surface area contributed by atoms with Gasteiger partial charge in [-0.15, -0.1) is 0 Å². The van der Waals surface area contributed by atoms with E-state index in [2.05, 4.69) is 4.72 Å². The molecule has 0 aliphatic carbocycles. The summed E-state index contributed by atoms with van der Waals surface area (Å²) in [6.07, 6.45) is 2.38. The predicted octanol–water partition coefficient (Wildman–Crippen LogP) is 1.92. The van der Waals surface area contributed by atoms with Crippen LogP contribution in [-0.2, 0) is 10.0 Å². The Hall–Kier alpha value is -1.17. The average Bonchev–Trinajstić information content (AvgIpc) is 2.35. The maximum Gasteiger partial charge on any atom is 0.233 e. The summed E-state index contributed by atoms with van der Waals surface area (Å²) in [6, 6.07) is 9.29. The van der Waals surface area contributed by atoms with Crippen LogP contribution in [0, 0.1) is 0 Å². The van der Waals surface area contributed by atoms with Gasteiger partial charge in [-0.2, -0.15) is 0 Å². The van der Waals surface area contributed by atoms with Crippen molar-refractivity contribution in [1.29, 1.82) is 0 Å². The van der Waals surface area contributed by atoms with Crippen molar-refractivity contribution in [3.63, 3.8) is 0 Å². The monoisotopic (exact) mass is 282 g/mol. The molecule has 0 amide bonds. The van der Waals surface area contributed by atoms with Crippen LogP contribution in [-0.4, -0.2) is 40.0 Å². The van der Waals surface area contributed by atoms with Crippen molar-refractivity contribution in [1.82, 2.24) is 9.62 Å². The fourth-order valence-corrected chi connectivity index (χ4v) is 2.66. The van der Waals surface area contributed by atoms with Gasteiger partial charge in [-0.05, 0) is 45.6 Å². The predicted molar refractivity (Wildman–Crippen MR) is 80.2 cm³/mol. The van der Waals surface area contributed by atoms with E-state index in [9.17, 15) is 8.42 Å². The van der Waals surface area contributed by atoms with E-state index in [4.69, 9.17) is 0 Å². The molecule has 0 spiro atoms. The zero-order valence-corrected chi connectivity index (χ0v) is 12.5. The van der Waals surface area contributed by atoms with E-state index in [1.54, 1.807) is 6.08 Å². The molecule has 19 heavy (non-hydrogen) atoms. The molecule has 0 radical (unpaired) electrons. The number of hydrogen-bond donors (Lipinski definition) is 1. The van der Waals surface area contributed by atoms with Gasteiger partial charge in [0.1, 0.15) is 0 Å². The number of rotatable bonds is 7. The van der Waals surface area contributed by atoms with Crippen LogP contribution in [0.5, 0.6) is 0 Å². The van der Waals surface area contributed by atoms with E-state index in [-0.39, 0.29) is 6.04 Å². The zero-order valence-electron chi connectivity index (χ0n) is 11.7. The second kappa shape index (κ2) is 7.43. The Labute approximate surface area is 116 Å². The summed E-state index contributed by atoms with van der Waals surface area (Å²) in [4.78, 5) is 2.03. The Morgan fingerprint density at radius 3 is 2.47 bits per heavy atom. The summed E-state index contributed by atoms with van der Waals surface area (Å²) in [6.45, 7) is 2.73. The zero-order chi connectivity index (χ0) is 14.3. The number of benzene rings is 1. The molecule has 0 fully saturated rings. The lowest BCUT2D eigenvalue weighted by atomic mass is 10.2. The standard InChI is InChI=1S/C14H22N2O2S/c1-13(9-11-16(2)3)15-19(17,18)12-10-14-7-5-4-6-8-14/h4-8,10,12-13,15H,9,11H2,1-3H3/b12-10+. The summed E-state index contributed by atoms with van der Waals surface area (Å²) < 4.78 is 26.3. The molecule has 5 heteroatoms. The maximum absolute atomic E-state index is 11.8. The molecule has 0 bridgehead atoms. The molecule has 0 aliphatic heterocycles. The van der Waals surface area contributed by atoms with E-state index >= 15 is 0 Å². The average molecular weight is 282 g/mol. The third-order valence-electron chi connectivity index (χ3n) is 2.61. The lowest BCUT2D eigenvalue weighted by Gasteiger charge is -2.15. The van der Waals surface area contributed by atoms with Crippen molar-refractivity contribution in [3.8, 4) is 0 Å². The lowest BCUT2D eigenvalue weighted by molar-refractivity contribution is 0.379. The number of nitrogens with zero attached hydrogens (tertiary/aromatic N) is 1. The lowest BCUT2D eigenvalue weighted by Crippen LogP contribution is -2.33. The first-order valence-electron chi connectivity index (χ1n) is 6.29. The van der Waals surface area contributed by atoms with Gasteiger partial charge in [-0.1, -0.05) is 30.3 Å². The molecule has 0 aromatic heterocycles. The van der Waals surface area contributed by atoms with Crippen molar-refractivity contribution < 1.29 is 8.42 Å². The van der Waals surface area contributed by atoms with Gasteiger partial charge in [-0.3, -0.25) is 0 Å². The van der Waals surface area contributed by atoms with Crippen molar-refractivity contribution >= 4 is 16.1 Å². The molecule has 0 aliphatic rings. The first kappa shape index (κ1) is 15.9. The Kier molecular flexibility index (Phi) is 6.21. The van der Waals surface area contributed by atoms with Gasteiger partial charge in [0, 0.05) is 11.4 Å². The summed E-state index contributed by atoms with van der Waals surface area (Å²) in [5, 5.41) is 1.22. The molecular formula is C14H22N2O2S. The highest BCUT2D eigenvalue weighted by atomic mass is 32.2. The van der Waals surface area contributed by atoms with Crippen LogP contribution in [0.25, 0.3) is 6.08 Å². The minimum atomic E-state index is -3.38. The van der Waals surface area contributed by atoms with E-state index in [1.165, 1.54) is 5.41 Å². The van der Waals surface area contributed by atoms with E-state index in [0.717, 1.165) is 18.5 Å². The van der Waals surface area contributed by atoms with Crippen molar-refractivity contribution in [2.24, 2.45) is 0 Å². The number of nitrogens with one attached hydrogen (secondary N) is 1. The van der Waals surface area contributed by atoms with Crippen LogP contribution in [0.3, 0.4) is 0 Å². The SMILES string of the molecule is CC(CCN(C)C)NS(=O)(=O)/C=C/c1ccccc1. The molecule has 1 unspecified atom stereocenters. The fourth-order valence-electron chi connectivity index (χ4n) is 1.56. The second-order valence-corrected chi connectivity index (χ2v) is 6.47. The van der Waals surface area contributed by atoms with Crippen molar-refractivity contribution in [2.75, 3.05) is 20.6 Å². The fraction of sp³-hybridized carbons (Fsp3) is 0.429. The molecule has 1 rings (SSSR count). The molecule has 0 saturated heterocycles. The van der Waals surface area contributed by atoms with Crippen LogP contribution < -0.4 is 4.72 Å². The molecule has 106 valence electrons. The molecular weight excluding hydrogens is 260 g/mol. The molecule has 1 atom stereocenters. The highest BCUT2D eigenvalue weighted by Gasteiger charge is 2.10. The Morgan fingerprint density at radius 2 is 1.89 bits per heavy atom. The molecule has 1 aromatic rings. The smallest absolute Gasteiger partial charge is 0.233 e. The summed E-state index contributed by atoms with van der Waals surface area (Å²) in [5.41, 5.74) is 0.869. The van der Waals surface area contributed by atoms with Crippen LogP contribution in [0.2, 0.25) is 0 Å². The minimum Gasteiger partial charge on any atom is -0.309 e. The number of hydrogen-bond acceptors (Lipinski definition) is 3. The van der Waals surface area contributed by atoms with Gasteiger partial charge >= 0.3 is 0 Å². The summed E-state index contributed by atoms with van der Waals surface area (Å²) in [5.74, 6) is 0. The normalized spacial score (nSPS) is 14.1. The van der Waals surface area contributed by atoms with Crippen molar-refractivity contribution in [3.05, 3.63) is 41.3 Å². The van der Waals surface area contributed by atoms with Crippen LogP contribution in [0.15, 0.2) is 35.7 Å². The van der Waals surface area contributed by atoms with Gasteiger partial charge in [0.2, 0.25) is 10.0 Å². The van der Waals surface area contributed by atoms with Crippen molar-refractivity contribution in [2.45, 2.75) is 19.4 Å². The Morgan fingerprint density at radius 1 is 1.26 bits per heavy atom. The second-order valence-electron chi connectivity index (χ2n) is 4.87. The van der Waals surface area contributed by atoms with Gasteiger partial charge < -0.3 is 4.90 Å². The first-order valence-corrected chi connectivity index (χ1v) is 7.84. The van der Waals surface area contributed by atoms with Gasteiger partial charge in [0.05, 0.1) is 0 Å². The third-order valence-corrected chi connectivity index (χ3v) is 3.84. The van der Waals surface area contributed by atoms with Gasteiger partial charge in [0.15, 0.2) is 0 Å². The first-order chi connectivity index (χ1) is 8.89. The van der Waals surface area contributed by atoms with Crippen LogP contribution in [0.4, 0.5) is 0 Å². The molecule has 1 aromatic carbocycles. The minimum absolute atomic E-state index is 0.0761. The highest BCUT2D eigenvalue weighted by molar-refractivity contribution is 7.92.